The van der Waals surface area contributed by atoms with Crippen molar-refractivity contribution in [1.29, 1.82) is 0 Å². The van der Waals surface area contributed by atoms with Crippen LogP contribution < -0.4 is 0 Å². The standard InChI is InChI=1S/C19H21N3O2/c1-2-19-9-15(19)10-22(11-19)18(23)14-7-3-12(4-8-14)16-20-17(24-21-16)13-5-6-13/h3-4,7-8,13,15H,2,5-6,9-11H2,1H3. The van der Waals surface area contributed by atoms with Crippen molar-refractivity contribution < 1.29 is 9.32 Å². The number of carbonyl (C=O) groups excluding carboxylic acids is 1. The summed E-state index contributed by atoms with van der Waals surface area (Å²) in [6, 6.07) is 7.60. The molecule has 0 N–H and O–H groups in total. The van der Waals surface area contributed by atoms with E-state index < -0.39 is 0 Å². The number of amides is 1. The molecule has 1 amide bonds. The molecular formula is C19H21N3O2. The highest BCUT2D eigenvalue weighted by molar-refractivity contribution is 5.95. The zero-order valence-electron chi connectivity index (χ0n) is 13.9. The molecule has 1 aromatic carbocycles. The van der Waals surface area contributed by atoms with Gasteiger partial charge in [-0.15, -0.1) is 0 Å². The molecular weight excluding hydrogens is 302 g/mol. The molecule has 3 aliphatic rings. The van der Waals surface area contributed by atoms with E-state index >= 15 is 0 Å². The van der Waals surface area contributed by atoms with Gasteiger partial charge in [-0.25, -0.2) is 0 Å². The first-order valence-electron chi connectivity index (χ1n) is 8.92. The molecule has 2 saturated carbocycles. The minimum absolute atomic E-state index is 0.147. The van der Waals surface area contributed by atoms with E-state index in [2.05, 4.69) is 17.1 Å². The second-order valence-corrected chi connectivity index (χ2v) is 7.61. The summed E-state index contributed by atoms with van der Waals surface area (Å²) in [6.07, 6.45) is 4.77. The highest BCUT2D eigenvalue weighted by Crippen LogP contribution is 2.60. The Labute approximate surface area is 141 Å². The van der Waals surface area contributed by atoms with Gasteiger partial charge in [0.25, 0.3) is 5.91 Å². The highest BCUT2D eigenvalue weighted by Gasteiger charge is 2.59. The number of aromatic nitrogens is 2. The predicted molar refractivity (Wildman–Crippen MR) is 88.4 cm³/mol. The summed E-state index contributed by atoms with van der Waals surface area (Å²) in [5.74, 6) is 2.69. The molecule has 5 rings (SSSR count). The molecule has 5 nitrogen and oxygen atoms in total. The van der Waals surface area contributed by atoms with Crippen LogP contribution in [-0.4, -0.2) is 34.0 Å². The van der Waals surface area contributed by atoms with Crippen LogP contribution in [0, 0.1) is 11.3 Å². The van der Waals surface area contributed by atoms with Gasteiger partial charge in [-0.1, -0.05) is 24.2 Å². The average Bonchev–Trinajstić information content (AvgIpc) is 3.51. The van der Waals surface area contributed by atoms with Crippen LogP contribution in [0.2, 0.25) is 0 Å². The van der Waals surface area contributed by atoms with E-state index in [4.69, 9.17) is 4.52 Å². The van der Waals surface area contributed by atoms with Crippen LogP contribution in [0.1, 0.15) is 54.8 Å². The Balaban J connectivity index is 1.31. The van der Waals surface area contributed by atoms with Crippen LogP contribution in [0.3, 0.4) is 0 Å². The fourth-order valence-corrected chi connectivity index (χ4v) is 4.09. The quantitative estimate of drug-likeness (QED) is 0.864. The molecule has 0 bridgehead atoms. The Morgan fingerprint density at radius 1 is 1.33 bits per heavy atom. The van der Waals surface area contributed by atoms with Crippen molar-refractivity contribution in [3.63, 3.8) is 0 Å². The number of piperidine rings is 1. The topological polar surface area (TPSA) is 59.2 Å². The van der Waals surface area contributed by atoms with Gasteiger partial charge in [-0.3, -0.25) is 4.79 Å². The van der Waals surface area contributed by atoms with Crippen LogP contribution in [0.25, 0.3) is 11.4 Å². The van der Waals surface area contributed by atoms with Crippen LogP contribution in [0.15, 0.2) is 28.8 Å². The lowest BCUT2D eigenvalue weighted by Gasteiger charge is -2.20. The van der Waals surface area contributed by atoms with Gasteiger partial charge in [0, 0.05) is 30.1 Å². The van der Waals surface area contributed by atoms with E-state index in [0.29, 0.717) is 17.2 Å². The van der Waals surface area contributed by atoms with Gasteiger partial charge in [0.05, 0.1) is 0 Å². The van der Waals surface area contributed by atoms with Gasteiger partial charge < -0.3 is 9.42 Å². The molecule has 2 unspecified atom stereocenters. The smallest absolute Gasteiger partial charge is 0.253 e. The summed E-state index contributed by atoms with van der Waals surface area (Å²) in [7, 11) is 0. The summed E-state index contributed by atoms with van der Waals surface area (Å²) >= 11 is 0. The van der Waals surface area contributed by atoms with Crippen molar-refractivity contribution in [3.8, 4) is 11.4 Å². The Kier molecular flexibility index (Phi) is 2.91. The Hall–Kier alpha value is -2.17. The number of benzene rings is 1. The zero-order valence-corrected chi connectivity index (χ0v) is 13.9. The number of carbonyl (C=O) groups is 1. The van der Waals surface area contributed by atoms with Crippen molar-refractivity contribution in [3.05, 3.63) is 35.7 Å². The second-order valence-electron chi connectivity index (χ2n) is 7.61. The summed E-state index contributed by atoms with van der Waals surface area (Å²) in [5, 5.41) is 4.05. The maximum Gasteiger partial charge on any atom is 0.253 e. The molecule has 124 valence electrons. The van der Waals surface area contributed by atoms with Crippen molar-refractivity contribution in [2.24, 2.45) is 11.3 Å². The fraction of sp³-hybridized carbons (Fsp3) is 0.526. The van der Waals surface area contributed by atoms with E-state index in [1.165, 1.54) is 12.8 Å². The molecule has 2 aliphatic carbocycles. The third-order valence-electron chi connectivity index (χ3n) is 6.06. The second kappa shape index (κ2) is 4.91. The van der Waals surface area contributed by atoms with E-state index in [-0.39, 0.29) is 5.91 Å². The maximum absolute atomic E-state index is 12.7. The number of hydrogen-bond acceptors (Lipinski definition) is 4. The van der Waals surface area contributed by atoms with Crippen LogP contribution >= 0.6 is 0 Å². The van der Waals surface area contributed by atoms with Crippen molar-refractivity contribution in [2.45, 2.75) is 38.5 Å². The number of likely N-dealkylation sites (tertiary alicyclic amines) is 1. The summed E-state index contributed by atoms with van der Waals surface area (Å²) in [6.45, 7) is 4.08. The van der Waals surface area contributed by atoms with Crippen LogP contribution in [-0.2, 0) is 0 Å². The van der Waals surface area contributed by atoms with Gasteiger partial charge in [0.2, 0.25) is 11.7 Å². The molecule has 2 aromatic rings. The first-order chi connectivity index (χ1) is 11.7. The molecule has 1 saturated heterocycles. The van der Waals surface area contributed by atoms with Gasteiger partial charge in [0.1, 0.15) is 0 Å². The van der Waals surface area contributed by atoms with E-state index in [1.807, 2.05) is 29.2 Å². The SMILES string of the molecule is CCC12CC1CN(C(=O)c1ccc(-c3noc(C4CC4)n3)cc1)C2. The predicted octanol–water partition coefficient (Wildman–Crippen LogP) is 3.49. The lowest BCUT2D eigenvalue weighted by molar-refractivity contribution is 0.0764. The van der Waals surface area contributed by atoms with Gasteiger partial charge in [0.15, 0.2) is 0 Å². The van der Waals surface area contributed by atoms with E-state index in [0.717, 1.165) is 48.9 Å². The summed E-state index contributed by atoms with van der Waals surface area (Å²) in [4.78, 5) is 19.2. The lowest BCUT2D eigenvalue weighted by atomic mass is 10.0. The molecule has 2 heterocycles. The van der Waals surface area contributed by atoms with E-state index in [1.54, 1.807) is 0 Å². The molecule has 1 aromatic heterocycles. The molecule has 0 radical (unpaired) electrons. The fourth-order valence-electron chi connectivity index (χ4n) is 4.09. The van der Waals surface area contributed by atoms with Gasteiger partial charge in [-0.2, -0.15) is 4.98 Å². The van der Waals surface area contributed by atoms with Crippen molar-refractivity contribution in [1.82, 2.24) is 15.0 Å². The van der Waals surface area contributed by atoms with Gasteiger partial charge in [-0.05, 0) is 49.1 Å². The lowest BCUT2D eigenvalue weighted by Crippen LogP contribution is -2.31. The van der Waals surface area contributed by atoms with E-state index in [9.17, 15) is 4.79 Å². The Morgan fingerprint density at radius 2 is 2.12 bits per heavy atom. The first-order valence-corrected chi connectivity index (χ1v) is 8.92. The molecule has 1 aliphatic heterocycles. The monoisotopic (exact) mass is 323 g/mol. The number of fused-ring (bicyclic) bond motifs is 1. The normalized spacial score (nSPS) is 28.0. The summed E-state index contributed by atoms with van der Waals surface area (Å²) in [5.41, 5.74) is 2.08. The molecule has 3 fully saturated rings. The number of nitrogens with zero attached hydrogens (tertiary/aromatic N) is 3. The number of rotatable bonds is 4. The average molecular weight is 323 g/mol. The Bertz CT molecular complexity index is 789. The zero-order chi connectivity index (χ0) is 16.3. The Morgan fingerprint density at radius 3 is 2.79 bits per heavy atom. The number of hydrogen-bond donors (Lipinski definition) is 0. The van der Waals surface area contributed by atoms with Crippen molar-refractivity contribution in [2.75, 3.05) is 13.1 Å². The first kappa shape index (κ1) is 14.2. The maximum atomic E-state index is 12.7. The highest BCUT2D eigenvalue weighted by atomic mass is 16.5. The minimum atomic E-state index is 0.147. The largest absolute Gasteiger partial charge is 0.339 e. The van der Waals surface area contributed by atoms with Crippen LogP contribution in [0.5, 0.6) is 0 Å². The van der Waals surface area contributed by atoms with Gasteiger partial charge >= 0.3 is 0 Å². The molecule has 24 heavy (non-hydrogen) atoms. The van der Waals surface area contributed by atoms with Crippen molar-refractivity contribution >= 4 is 5.91 Å². The minimum Gasteiger partial charge on any atom is -0.339 e. The molecule has 5 heteroatoms. The third kappa shape index (κ3) is 2.18. The summed E-state index contributed by atoms with van der Waals surface area (Å²) < 4.78 is 5.31. The van der Waals surface area contributed by atoms with Crippen LogP contribution in [0.4, 0.5) is 0 Å². The third-order valence-corrected chi connectivity index (χ3v) is 6.06. The molecule has 0 spiro atoms. The molecule has 2 atom stereocenters.